The van der Waals surface area contributed by atoms with Gasteiger partial charge in [-0.2, -0.15) is 18.3 Å². The van der Waals surface area contributed by atoms with Gasteiger partial charge in [-0.05, 0) is 25.1 Å². The lowest BCUT2D eigenvalue weighted by Gasteiger charge is -2.12. The summed E-state index contributed by atoms with van der Waals surface area (Å²) in [4.78, 5) is 11.7. The van der Waals surface area contributed by atoms with Crippen molar-refractivity contribution in [1.29, 1.82) is 0 Å². The molecule has 0 bridgehead atoms. The minimum absolute atomic E-state index is 0.0366. The van der Waals surface area contributed by atoms with Gasteiger partial charge in [-0.15, -0.1) is 0 Å². The monoisotopic (exact) mass is 269 g/mol. The highest BCUT2D eigenvalue weighted by atomic mass is 19.4. The minimum atomic E-state index is -4.52. The van der Waals surface area contributed by atoms with Crippen molar-refractivity contribution in [3.63, 3.8) is 0 Å². The van der Waals surface area contributed by atoms with Crippen molar-refractivity contribution in [1.82, 2.24) is 10.2 Å². The van der Waals surface area contributed by atoms with Crippen molar-refractivity contribution in [2.24, 2.45) is 0 Å². The van der Waals surface area contributed by atoms with Crippen LogP contribution in [0.25, 0.3) is 0 Å². The van der Waals surface area contributed by atoms with Crippen LogP contribution in [0.4, 0.5) is 18.9 Å². The van der Waals surface area contributed by atoms with Crippen molar-refractivity contribution >= 4 is 11.6 Å². The number of amides is 1. The average Bonchev–Trinajstić information content (AvgIpc) is 2.75. The molecule has 7 heteroatoms. The summed E-state index contributed by atoms with van der Waals surface area (Å²) in [5, 5.41) is 8.44. The first-order valence-corrected chi connectivity index (χ1v) is 5.37. The molecule has 2 aromatic rings. The van der Waals surface area contributed by atoms with Crippen LogP contribution in [0.5, 0.6) is 0 Å². The second-order valence-electron chi connectivity index (χ2n) is 3.93. The SMILES string of the molecule is Cc1cc(C(=O)Nc2ccccc2C(F)(F)F)n[nH]1. The van der Waals surface area contributed by atoms with E-state index < -0.39 is 17.6 Å². The summed E-state index contributed by atoms with van der Waals surface area (Å²) < 4.78 is 38.2. The van der Waals surface area contributed by atoms with E-state index in [0.717, 1.165) is 6.07 Å². The van der Waals surface area contributed by atoms with Gasteiger partial charge in [0.1, 0.15) is 0 Å². The topological polar surface area (TPSA) is 57.8 Å². The van der Waals surface area contributed by atoms with Gasteiger partial charge in [-0.3, -0.25) is 9.89 Å². The number of alkyl halides is 3. The molecule has 0 saturated heterocycles. The highest BCUT2D eigenvalue weighted by Crippen LogP contribution is 2.34. The first-order valence-electron chi connectivity index (χ1n) is 5.37. The fraction of sp³-hybridized carbons (Fsp3) is 0.167. The van der Waals surface area contributed by atoms with Crippen molar-refractivity contribution in [2.75, 3.05) is 5.32 Å². The van der Waals surface area contributed by atoms with E-state index in [9.17, 15) is 18.0 Å². The quantitative estimate of drug-likeness (QED) is 0.880. The Balaban J connectivity index is 2.27. The maximum atomic E-state index is 12.7. The van der Waals surface area contributed by atoms with Gasteiger partial charge in [0.05, 0.1) is 11.3 Å². The predicted molar refractivity (Wildman–Crippen MR) is 62.7 cm³/mol. The van der Waals surface area contributed by atoms with Crippen LogP contribution in [-0.4, -0.2) is 16.1 Å². The molecular weight excluding hydrogens is 259 g/mol. The molecule has 0 saturated carbocycles. The molecule has 0 aliphatic heterocycles. The molecule has 0 atom stereocenters. The fourth-order valence-electron chi connectivity index (χ4n) is 1.56. The third kappa shape index (κ3) is 2.93. The van der Waals surface area contributed by atoms with Crippen LogP contribution in [0, 0.1) is 6.92 Å². The molecule has 1 heterocycles. The number of nitrogens with one attached hydrogen (secondary N) is 2. The number of hydrogen-bond acceptors (Lipinski definition) is 2. The molecule has 2 rings (SSSR count). The Hall–Kier alpha value is -2.31. The van der Waals surface area contributed by atoms with E-state index in [2.05, 4.69) is 15.5 Å². The Morgan fingerprint density at radius 2 is 2.00 bits per heavy atom. The van der Waals surface area contributed by atoms with Gasteiger partial charge in [-0.25, -0.2) is 0 Å². The maximum Gasteiger partial charge on any atom is 0.418 e. The number of aromatic nitrogens is 2. The standard InChI is InChI=1S/C12H10F3N3O/c1-7-6-10(18-17-7)11(19)16-9-5-3-2-4-8(9)12(13,14)15/h2-6H,1H3,(H,16,19)(H,17,18). The largest absolute Gasteiger partial charge is 0.418 e. The zero-order chi connectivity index (χ0) is 14.0. The Morgan fingerprint density at radius 1 is 1.32 bits per heavy atom. The van der Waals surface area contributed by atoms with E-state index in [1.54, 1.807) is 6.92 Å². The summed E-state index contributed by atoms with van der Waals surface area (Å²) in [6, 6.07) is 6.23. The number of carbonyl (C=O) groups excluding carboxylic acids is 1. The zero-order valence-electron chi connectivity index (χ0n) is 9.88. The molecule has 1 aromatic carbocycles. The van der Waals surface area contributed by atoms with Crippen LogP contribution in [0.1, 0.15) is 21.7 Å². The summed E-state index contributed by atoms with van der Waals surface area (Å²) >= 11 is 0. The van der Waals surface area contributed by atoms with Crippen LogP contribution < -0.4 is 5.32 Å². The van der Waals surface area contributed by atoms with Crippen LogP contribution >= 0.6 is 0 Å². The van der Waals surface area contributed by atoms with Gasteiger partial charge in [0.2, 0.25) is 0 Å². The smallest absolute Gasteiger partial charge is 0.320 e. The van der Waals surface area contributed by atoms with Crippen LogP contribution in [0.3, 0.4) is 0 Å². The van der Waals surface area contributed by atoms with E-state index in [0.29, 0.717) is 5.69 Å². The van der Waals surface area contributed by atoms with Gasteiger partial charge >= 0.3 is 6.18 Å². The Labute approximate surface area is 106 Å². The van der Waals surface area contributed by atoms with Gasteiger partial charge in [0, 0.05) is 5.69 Å². The van der Waals surface area contributed by atoms with Gasteiger partial charge < -0.3 is 5.32 Å². The van der Waals surface area contributed by atoms with Crippen LogP contribution in [-0.2, 0) is 6.18 Å². The first kappa shape index (κ1) is 13.1. The number of para-hydroxylation sites is 1. The number of aromatic amines is 1. The maximum absolute atomic E-state index is 12.7. The van der Waals surface area contributed by atoms with Crippen molar-refractivity contribution in [3.8, 4) is 0 Å². The van der Waals surface area contributed by atoms with E-state index >= 15 is 0 Å². The normalized spacial score (nSPS) is 11.4. The predicted octanol–water partition coefficient (Wildman–Crippen LogP) is 2.99. The number of carbonyl (C=O) groups is 1. The van der Waals surface area contributed by atoms with Crippen molar-refractivity contribution < 1.29 is 18.0 Å². The number of aryl methyl sites for hydroxylation is 1. The molecule has 0 radical (unpaired) electrons. The minimum Gasteiger partial charge on any atom is -0.320 e. The summed E-state index contributed by atoms with van der Waals surface area (Å²) in [7, 11) is 0. The summed E-state index contributed by atoms with van der Waals surface area (Å²) in [6.07, 6.45) is -4.52. The second-order valence-corrected chi connectivity index (χ2v) is 3.93. The molecule has 0 aliphatic rings. The molecule has 0 unspecified atom stereocenters. The van der Waals surface area contributed by atoms with E-state index in [1.807, 2.05) is 0 Å². The van der Waals surface area contributed by atoms with E-state index in [1.165, 1.54) is 24.3 Å². The highest BCUT2D eigenvalue weighted by Gasteiger charge is 2.33. The van der Waals surface area contributed by atoms with Gasteiger partial charge in [0.15, 0.2) is 5.69 Å². The van der Waals surface area contributed by atoms with Crippen LogP contribution in [0.15, 0.2) is 30.3 Å². The molecule has 4 nitrogen and oxygen atoms in total. The van der Waals surface area contributed by atoms with Gasteiger partial charge in [-0.1, -0.05) is 12.1 Å². The number of benzene rings is 1. The number of H-pyrrole nitrogens is 1. The molecule has 19 heavy (non-hydrogen) atoms. The summed E-state index contributed by atoms with van der Waals surface area (Å²) in [6.45, 7) is 1.69. The molecule has 0 spiro atoms. The second kappa shape index (κ2) is 4.75. The zero-order valence-corrected chi connectivity index (χ0v) is 9.88. The number of halogens is 3. The fourth-order valence-corrected chi connectivity index (χ4v) is 1.56. The molecule has 100 valence electrons. The van der Waals surface area contributed by atoms with Crippen molar-refractivity contribution in [3.05, 3.63) is 47.3 Å². The number of nitrogens with zero attached hydrogens (tertiary/aromatic N) is 1. The lowest BCUT2D eigenvalue weighted by atomic mass is 10.1. The average molecular weight is 269 g/mol. The molecular formula is C12H10F3N3O. The Morgan fingerprint density at radius 3 is 2.58 bits per heavy atom. The molecule has 0 aliphatic carbocycles. The Kier molecular flexibility index (Phi) is 3.28. The number of rotatable bonds is 2. The van der Waals surface area contributed by atoms with E-state index in [4.69, 9.17) is 0 Å². The summed E-state index contributed by atoms with van der Waals surface area (Å²) in [5.41, 5.74) is -0.500. The number of hydrogen-bond donors (Lipinski definition) is 2. The van der Waals surface area contributed by atoms with Gasteiger partial charge in [0.25, 0.3) is 5.91 Å². The molecule has 1 aromatic heterocycles. The highest BCUT2D eigenvalue weighted by molar-refractivity contribution is 6.03. The molecule has 2 N–H and O–H groups in total. The molecule has 0 fully saturated rings. The number of anilines is 1. The first-order chi connectivity index (χ1) is 8.88. The van der Waals surface area contributed by atoms with Crippen molar-refractivity contribution in [2.45, 2.75) is 13.1 Å². The lowest BCUT2D eigenvalue weighted by molar-refractivity contribution is -0.136. The third-order valence-electron chi connectivity index (χ3n) is 2.42. The summed E-state index contributed by atoms with van der Waals surface area (Å²) in [5.74, 6) is -0.693. The van der Waals surface area contributed by atoms with Crippen LogP contribution in [0.2, 0.25) is 0 Å². The lowest BCUT2D eigenvalue weighted by Crippen LogP contribution is -2.16. The van der Waals surface area contributed by atoms with E-state index in [-0.39, 0.29) is 11.4 Å². The Bertz CT molecular complexity index is 604. The third-order valence-corrected chi connectivity index (χ3v) is 2.42. The molecule has 1 amide bonds.